The van der Waals surface area contributed by atoms with Crippen LogP contribution >= 0.6 is 0 Å². The van der Waals surface area contributed by atoms with Gasteiger partial charge in [-0.2, -0.15) is 0 Å². The Labute approximate surface area is 123 Å². The summed E-state index contributed by atoms with van der Waals surface area (Å²) in [6.45, 7) is 9.03. The number of benzene rings is 1. The second kappa shape index (κ2) is 5.99. The van der Waals surface area contributed by atoms with Gasteiger partial charge >= 0.3 is 0 Å². The maximum Gasteiger partial charge on any atom is 0.221 e. The molecule has 1 atom stereocenters. The third-order valence-electron chi connectivity index (χ3n) is 4.19. The lowest BCUT2D eigenvalue weighted by Gasteiger charge is -2.37. The SMILES string of the molecule is CC(C)CC1(CC(C)C)CC(=O)NC1c1ccccc1. The summed E-state index contributed by atoms with van der Waals surface area (Å²) in [5.74, 6) is 1.42. The van der Waals surface area contributed by atoms with Crippen LogP contribution in [0.2, 0.25) is 0 Å². The van der Waals surface area contributed by atoms with Gasteiger partial charge < -0.3 is 5.32 Å². The lowest BCUT2D eigenvalue weighted by Crippen LogP contribution is -2.32. The molecule has 0 saturated carbocycles. The van der Waals surface area contributed by atoms with Gasteiger partial charge in [0.1, 0.15) is 0 Å². The summed E-state index contributed by atoms with van der Waals surface area (Å²) in [7, 11) is 0. The molecule has 0 radical (unpaired) electrons. The third-order valence-corrected chi connectivity index (χ3v) is 4.19. The number of amides is 1. The molecule has 1 aromatic carbocycles. The minimum atomic E-state index is 0.0702. The van der Waals surface area contributed by atoms with Gasteiger partial charge in [0.25, 0.3) is 0 Å². The normalized spacial score (nSPS) is 21.5. The van der Waals surface area contributed by atoms with Crippen LogP contribution in [-0.2, 0) is 4.79 Å². The van der Waals surface area contributed by atoms with Crippen molar-refractivity contribution >= 4 is 5.91 Å². The Bertz CT molecular complexity index is 440. The highest BCUT2D eigenvalue weighted by Crippen LogP contribution is 2.50. The number of rotatable bonds is 5. The average molecular weight is 273 g/mol. The van der Waals surface area contributed by atoms with Crippen molar-refractivity contribution in [2.45, 2.75) is 53.0 Å². The number of carbonyl (C=O) groups excluding carboxylic acids is 1. The number of carbonyl (C=O) groups is 1. The summed E-state index contributed by atoms with van der Waals surface area (Å²) in [4.78, 5) is 12.1. The molecule has 0 spiro atoms. The van der Waals surface area contributed by atoms with Crippen molar-refractivity contribution < 1.29 is 4.79 Å². The molecule has 1 unspecified atom stereocenters. The lowest BCUT2D eigenvalue weighted by molar-refractivity contribution is -0.119. The van der Waals surface area contributed by atoms with Crippen LogP contribution in [0.25, 0.3) is 0 Å². The van der Waals surface area contributed by atoms with Gasteiger partial charge in [-0.05, 0) is 30.2 Å². The molecule has 1 fully saturated rings. The van der Waals surface area contributed by atoms with Crippen LogP contribution in [0.15, 0.2) is 30.3 Å². The maximum atomic E-state index is 12.1. The molecule has 2 nitrogen and oxygen atoms in total. The van der Waals surface area contributed by atoms with Crippen LogP contribution in [0, 0.1) is 17.3 Å². The van der Waals surface area contributed by atoms with Crippen LogP contribution < -0.4 is 5.32 Å². The maximum absolute atomic E-state index is 12.1. The number of hydrogen-bond acceptors (Lipinski definition) is 1. The van der Waals surface area contributed by atoms with Gasteiger partial charge in [-0.3, -0.25) is 4.79 Å². The summed E-state index contributed by atoms with van der Waals surface area (Å²) in [6.07, 6.45) is 2.87. The quantitative estimate of drug-likeness (QED) is 0.850. The first-order chi connectivity index (χ1) is 9.43. The Morgan fingerprint density at radius 1 is 1.10 bits per heavy atom. The Morgan fingerprint density at radius 3 is 2.15 bits per heavy atom. The van der Waals surface area contributed by atoms with Crippen molar-refractivity contribution in [3.63, 3.8) is 0 Å². The van der Waals surface area contributed by atoms with E-state index in [2.05, 4.69) is 57.3 Å². The highest BCUT2D eigenvalue weighted by molar-refractivity contribution is 5.80. The first-order valence-corrected chi connectivity index (χ1v) is 7.77. The fourth-order valence-corrected chi connectivity index (χ4v) is 3.96. The van der Waals surface area contributed by atoms with Crippen molar-refractivity contribution in [1.82, 2.24) is 5.32 Å². The second-order valence-electron chi connectivity index (χ2n) is 7.15. The molecule has 1 N–H and O–H groups in total. The van der Waals surface area contributed by atoms with Gasteiger partial charge in [0, 0.05) is 11.8 Å². The van der Waals surface area contributed by atoms with Gasteiger partial charge in [0.2, 0.25) is 5.91 Å². The molecule has 1 amide bonds. The van der Waals surface area contributed by atoms with Gasteiger partial charge in [-0.15, -0.1) is 0 Å². The Balaban J connectivity index is 2.37. The highest BCUT2D eigenvalue weighted by Gasteiger charge is 2.47. The molecule has 1 aliphatic rings. The predicted molar refractivity (Wildman–Crippen MR) is 83.3 cm³/mol. The monoisotopic (exact) mass is 273 g/mol. The zero-order chi connectivity index (χ0) is 14.8. The van der Waals surface area contributed by atoms with E-state index in [0.29, 0.717) is 18.3 Å². The molecule has 1 saturated heterocycles. The van der Waals surface area contributed by atoms with E-state index in [9.17, 15) is 4.79 Å². The van der Waals surface area contributed by atoms with Crippen LogP contribution in [-0.4, -0.2) is 5.91 Å². The Hall–Kier alpha value is -1.31. The fourth-order valence-electron chi connectivity index (χ4n) is 3.96. The molecule has 0 bridgehead atoms. The summed E-state index contributed by atoms with van der Waals surface area (Å²) >= 11 is 0. The zero-order valence-corrected chi connectivity index (χ0v) is 13.1. The Kier molecular flexibility index (Phi) is 4.52. The topological polar surface area (TPSA) is 29.1 Å². The van der Waals surface area contributed by atoms with Gasteiger partial charge in [-0.25, -0.2) is 0 Å². The van der Waals surface area contributed by atoms with Crippen LogP contribution in [0.1, 0.15) is 58.6 Å². The van der Waals surface area contributed by atoms with E-state index in [4.69, 9.17) is 0 Å². The Morgan fingerprint density at radius 2 is 1.65 bits per heavy atom. The molecular weight excluding hydrogens is 246 g/mol. The standard InChI is InChI=1S/C18H27NO/c1-13(2)10-18(11-14(3)4)12-16(20)19-17(18)15-8-6-5-7-9-15/h5-9,13-14,17H,10-12H2,1-4H3,(H,19,20). The first-order valence-electron chi connectivity index (χ1n) is 7.77. The van der Waals surface area contributed by atoms with Crippen molar-refractivity contribution in [2.75, 3.05) is 0 Å². The molecule has 2 heteroatoms. The zero-order valence-electron chi connectivity index (χ0n) is 13.1. The van der Waals surface area contributed by atoms with E-state index < -0.39 is 0 Å². The van der Waals surface area contributed by atoms with Crippen molar-refractivity contribution in [2.24, 2.45) is 17.3 Å². The summed E-state index contributed by atoms with van der Waals surface area (Å²) in [6, 6.07) is 10.6. The van der Waals surface area contributed by atoms with E-state index in [0.717, 1.165) is 12.8 Å². The molecule has 1 aromatic rings. The molecule has 1 aliphatic heterocycles. The molecule has 1 heterocycles. The van der Waals surface area contributed by atoms with Gasteiger partial charge in [-0.1, -0.05) is 58.0 Å². The molecule has 110 valence electrons. The first kappa shape index (κ1) is 15.1. The van der Waals surface area contributed by atoms with Gasteiger partial charge in [0.05, 0.1) is 6.04 Å². The van der Waals surface area contributed by atoms with E-state index in [-0.39, 0.29) is 17.4 Å². The predicted octanol–water partition coefficient (Wildman–Crippen LogP) is 4.33. The van der Waals surface area contributed by atoms with E-state index in [1.54, 1.807) is 0 Å². The van der Waals surface area contributed by atoms with Crippen molar-refractivity contribution in [3.8, 4) is 0 Å². The van der Waals surface area contributed by atoms with Crippen molar-refractivity contribution in [3.05, 3.63) is 35.9 Å². The summed E-state index contributed by atoms with van der Waals surface area (Å²) in [5, 5.41) is 3.23. The molecular formula is C18H27NO. The summed E-state index contributed by atoms with van der Waals surface area (Å²) in [5.41, 5.74) is 1.32. The van der Waals surface area contributed by atoms with E-state index >= 15 is 0 Å². The molecule has 0 aromatic heterocycles. The summed E-state index contributed by atoms with van der Waals surface area (Å²) < 4.78 is 0. The lowest BCUT2D eigenvalue weighted by atomic mass is 9.67. The third kappa shape index (κ3) is 3.23. The minimum absolute atomic E-state index is 0.0702. The molecule has 2 rings (SSSR count). The molecule has 0 aliphatic carbocycles. The van der Waals surface area contributed by atoms with E-state index in [1.165, 1.54) is 5.56 Å². The second-order valence-corrected chi connectivity index (χ2v) is 7.15. The van der Waals surface area contributed by atoms with Gasteiger partial charge in [0.15, 0.2) is 0 Å². The average Bonchev–Trinajstić information content (AvgIpc) is 2.64. The smallest absolute Gasteiger partial charge is 0.221 e. The van der Waals surface area contributed by atoms with Crippen molar-refractivity contribution in [1.29, 1.82) is 0 Å². The minimum Gasteiger partial charge on any atom is -0.349 e. The van der Waals surface area contributed by atoms with Crippen LogP contribution in [0.4, 0.5) is 0 Å². The van der Waals surface area contributed by atoms with E-state index in [1.807, 2.05) is 6.07 Å². The van der Waals surface area contributed by atoms with Crippen LogP contribution in [0.5, 0.6) is 0 Å². The van der Waals surface area contributed by atoms with Crippen LogP contribution in [0.3, 0.4) is 0 Å². The fraction of sp³-hybridized carbons (Fsp3) is 0.611. The highest BCUT2D eigenvalue weighted by atomic mass is 16.2. The number of hydrogen-bond donors (Lipinski definition) is 1. The number of nitrogens with one attached hydrogen (secondary N) is 1. The largest absolute Gasteiger partial charge is 0.349 e. The molecule has 20 heavy (non-hydrogen) atoms.